The maximum absolute atomic E-state index is 14.6. The lowest BCUT2D eigenvalue weighted by Crippen LogP contribution is -2.26. The van der Waals surface area contributed by atoms with Gasteiger partial charge in [0, 0.05) is 41.5 Å². The summed E-state index contributed by atoms with van der Waals surface area (Å²) in [6.45, 7) is 5.96. The van der Waals surface area contributed by atoms with E-state index in [-0.39, 0.29) is 24.1 Å². The first-order chi connectivity index (χ1) is 17.0. The number of amides is 1. The molecular weight excluding hydrogens is 443 g/mol. The normalized spacial score (nSPS) is 14.6. The monoisotopic (exact) mass is 468 g/mol. The summed E-state index contributed by atoms with van der Waals surface area (Å²) in [5.74, 6) is 0.719. The van der Waals surface area contributed by atoms with E-state index in [4.69, 9.17) is 4.98 Å². The molecule has 2 aliphatic rings. The Bertz CT molecular complexity index is 1440. The number of nitrogens with one attached hydrogen (secondary N) is 1. The summed E-state index contributed by atoms with van der Waals surface area (Å²) in [5, 5.41) is 7.86. The van der Waals surface area contributed by atoms with Gasteiger partial charge >= 0.3 is 0 Å². The number of hydrogen-bond donors (Lipinski definition) is 1. The van der Waals surface area contributed by atoms with Crippen LogP contribution in [0, 0.1) is 5.82 Å². The number of nitrogens with zero attached hydrogens (tertiary/aromatic N) is 5. The van der Waals surface area contributed by atoms with Gasteiger partial charge in [-0.3, -0.25) is 9.69 Å². The molecule has 2 aromatic heterocycles. The summed E-state index contributed by atoms with van der Waals surface area (Å²) in [6.07, 6.45) is 3.87. The molecule has 2 aliphatic heterocycles. The number of rotatable bonds is 5. The fourth-order valence-corrected chi connectivity index (χ4v) is 4.95. The van der Waals surface area contributed by atoms with Gasteiger partial charge in [-0.15, -0.1) is 0 Å². The first kappa shape index (κ1) is 21.6. The van der Waals surface area contributed by atoms with Crippen molar-refractivity contribution in [2.75, 3.05) is 4.90 Å². The Hall–Kier alpha value is -3.91. The van der Waals surface area contributed by atoms with E-state index < -0.39 is 0 Å². The second-order valence-electron chi connectivity index (χ2n) is 9.35. The molecule has 0 aliphatic carbocycles. The second kappa shape index (κ2) is 8.39. The van der Waals surface area contributed by atoms with Gasteiger partial charge in [-0.1, -0.05) is 38.1 Å². The molecule has 35 heavy (non-hydrogen) atoms. The van der Waals surface area contributed by atoms with E-state index >= 15 is 0 Å². The molecule has 1 amide bonds. The molecule has 2 aromatic carbocycles. The van der Waals surface area contributed by atoms with Crippen LogP contribution in [0.1, 0.15) is 47.7 Å². The first-order valence-electron chi connectivity index (χ1n) is 11.8. The molecule has 0 saturated carbocycles. The highest BCUT2D eigenvalue weighted by molar-refractivity contribution is 6.00. The Labute approximate surface area is 202 Å². The summed E-state index contributed by atoms with van der Waals surface area (Å²) in [5.41, 5.74) is 6.42. The van der Waals surface area contributed by atoms with E-state index in [2.05, 4.69) is 15.4 Å². The van der Waals surface area contributed by atoms with Crippen LogP contribution in [0.3, 0.4) is 0 Å². The summed E-state index contributed by atoms with van der Waals surface area (Å²) in [6, 6.07) is 13.0. The van der Waals surface area contributed by atoms with E-state index in [0.717, 1.165) is 29.9 Å². The number of carbonyl (C=O) groups excluding carboxylic acids is 1. The molecule has 4 heterocycles. The Kier molecular flexibility index (Phi) is 5.18. The van der Waals surface area contributed by atoms with Crippen molar-refractivity contribution in [3.05, 3.63) is 88.6 Å². The van der Waals surface area contributed by atoms with Gasteiger partial charge in [0.15, 0.2) is 5.82 Å². The van der Waals surface area contributed by atoms with Crippen LogP contribution in [0.25, 0.3) is 17.1 Å². The van der Waals surface area contributed by atoms with E-state index in [0.29, 0.717) is 29.3 Å². The van der Waals surface area contributed by atoms with Crippen LogP contribution in [-0.4, -0.2) is 25.7 Å². The molecule has 7 nitrogen and oxygen atoms in total. The van der Waals surface area contributed by atoms with E-state index in [1.54, 1.807) is 17.2 Å². The van der Waals surface area contributed by atoms with Crippen LogP contribution in [0.5, 0.6) is 0 Å². The quantitative estimate of drug-likeness (QED) is 0.473. The fraction of sp³-hybridized carbons (Fsp3) is 0.259. The highest BCUT2D eigenvalue weighted by Crippen LogP contribution is 2.34. The molecule has 0 spiro atoms. The van der Waals surface area contributed by atoms with Crippen molar-refractivity contribution in [2.45, 2.75) is 45.8 Å². The molecule has 0 atom stereocenters. The van der Waals surface area contributed by atoms with Crippen LogP contribution < -0.4 is 10.2 Å². The van der Waals surface area contributed by atoms with Crippen molar-refractivity contribution in [3.63, 3.8) is 0 Å². The van der Waals surface area contributed by atoms with Crippen LogP contribution in [-0.2, 0) is 30.8 Å². The minimum Gasteiger partial charge on any atom is -0.307 e. The van der Waals surface area contributed by atoms with Gasteiger partial charge in [-0.25, -0.2) is 19.0 Å². The van der Waals surface area contributed by atoms with Crippen molar-refractivity contribution in [1.82, 2.24) is 25.1 Å². The van der Waals surface area contributed by atoms with Gasteiger partial charge in [-0.05, 0) is 29.7 Å². The van der Waals surface area contributed by atoms with E-state index in [1.165, 1.54) is 17.3 Å². The maximum Gasteiger partial charge on any atom is 0.233 e. The number of halogens is 1. The van der Waals surface area contributed by atoms with Gasteiger partial charge in [-0.2, -0.15) is 5.10 Å². The number of benzene rings is 2. The summed E-state index contributed by atoms with van der Waals surface area (Å²) in [4.78, 5) is 23.8. The Morgan fingerprint density at radius 3 is 2.69 bits per heavy atom. The second-order valence-corrected chi connectivity index (χ2v) is 9.35. The molecule has 0 radical (unpaired) electrons. The lowest BCUT2D eigenvalue weighted by molar-refractivity contribution is -0.117. The van der Waals surface area contributed by atoms with Crippen LogP contribution in [0.15, 0.2) is 54.9 Å². The van der Waals surface area contributed by atoms with Gasteiger partial charge in [0.05, 0.1) is 30.5 Å². The van der Waals surface area contributed by atoms with Gasteiger partial charge in [0.1, 0.15) is 11.6 Å². The smallest absolute Gasteiger partial charge is 0.233 e. The number of fused-ring (bicyclic) bond motifs is 2. The Balaban J connectivity index is 1.30. The topological polar surface area (TPSA) is 75.9 Å². The molecule has 0 saturated heterocycles. The van der Waals surface area contributed by atoms with Gasteiger partial charge in [0.25, 0.3) is 0 Å². The van der Waals surface area contributed by atoms with Gasteiger partial charge < -0.3 is 5.32 Å². The molecule has 176 valence electrons. The minimum atomic E-state index is -0.270. The standard InChI is InChI=1S/C27H25FN6O/c1-16(2)25-21(4-3-5-22(25)28)26-30-12-18-10-24(35)33(27(18)32-26)15-17-6-8-20(9-7-17)34-23-14-29-11-19(23)13-31-34/h3-9,12-13,16,29H,10-11,14-15H2,1-2H3. The zero-order chi connectivity index (χ0) is 24.1. The summed E-state index contributed by atoms with van der Waals surface area (Å²) in [7, 11) is 0. The number of aromatic nitrogens is 4. The number of carbonyl (C=O) groups is 1. The number of hydrogen-bond acceptors (Lipinski definition) is 5. The van der Waals surface area contributed by atoms with Gasteiger partial charge in [0.2, 0.25) is 5.91 Å². The molecule has 4 aromatic rings. The van der Waals surface area contributed by atoms with Crippen LogP contribution >= 0.6 is 0 Å². The minimum absolute atomic E-state index is 0.0187. The Morgan fingerprint density at radius 1 is 1.06 bits per heavy atom. The SMILES string of the molecule is CC(C)c1c(F)cccc1-c1ncc2c(n1)N(Cc1ccc(-n3ncc4c3CNC4)cc1)C(=O)C2. The molecule has 0 bridgehead atoms. The largest absolute Gasteiger partial charge is 0.307 e. The van der Waals surface area contributed by atoms with E-state index in [9.17, 15) is 9.18 Å². The summed E-state index contributed by atoms with van der Waals surface area (Å²) < 4.78 is 16.5. The lowest BCUT2D eigenvalue weighted by Gasteiger charge is -2.18. The fourth-order valence-electron chi connectivity index (χ4n) is 4.95. The third-order valence-corrected chi connectivity index (χ3v) is 6.70. The number of anilines is 1. The molecular formula is C27H25FN6O. The molecule has 0 unspecified atom stereocenters. The summed E-state index contributed by atoms with van der Waals surface area (Å²) >= 11 is 0. The van der Waals surface area contributed by atoms with Crippen molar-refractivity contribution in [3.8, 4) is 17.1 Å². The average molecular weight is 469 g/mol. The third kappa shape index (κ3) is 3.70. The van der Waals surface area contributed by atoms with Crippen LogP contribution in [0.2, 0.25) is 0 Å². The third-order valence-electron chi connectivity index (χ3n) is 6.70. The maximum atomic E-state index is 14.6. The zero-order valence-electron chi connectivity index (χ0n) is 19.6. The van der Waals surface area contributed by atoms with Crippen LogP contribution in [0.4, 0.5) is 10.2 Å². The van der Waals surface area contributed by atoms with E-state index in [1.807, 2.05) is 55.1 Å². The Morgan fingerprint density at radius 2 is 1.89 bits per heavy atom. The average Bonchev–Trinajstić information content (AvgIpc) is 3.54. The van der Waals surface area contributed by atoms with Crippen molar-refractivity contribution >= 4 is 11.7 Å². The molecule has 6 rings (SSSR count). The molecule has 1 N–H and O–H groups in total. The predicted octanol–water partition coefficient (Wildman–Crippen LogP) is 4.28. The van der Waals surface area contributed by atoms with Crippen molar-refractivity contribution in [2.24, 2.45) is 0 Å². The van der Waals surface area contributed by atoms with Crippen molar-refractivity contribution in [1.29, 1.82) is 0 Å². The molecule has 0 fully saturated rings. The predicted molar refractivity (Wildman–Crippen MR) is 131 cm³/mol. The van der Waals surface area contributed by atoms with Crippen molar-refractivity contribution < 1.29 is 9.18 Å². The molecule has 8 heteroatoms. The highest BCUT2D eigenvalue weighted by Gasteiger charge is 2.30. The zero-order valence-corrected chi connectivity index (χ0v) is 19.6. The highest BCUT2D eigenvalue weighted by atomic mass is 19.1. The first-order valence-corrected chi connectivity index (χ1v) is 11.8. The lowest BCUT2D eigenvalue weighted by atomic mass is 9.96.